The van der Waals surface area contributed by atoms with Crippen molar-refractivity contribution in [3.63, 3.8) is 0 Å². The lowest BCUT2D eigenvalue weighted by Gasteiger charge is -2.18. The van der Waals surface area contributed by atoms with Gasteiger partial charge in [0.05, 0.1) is 51.1 Å². The van der Waals surface area contributed by atoms with Crippen molar-refractivity contribution in [1.82, 2.24) is 35.1 Å². The summed E-state index contributed by atoms with van der Waals surface area (Å²) in [6.07, 6.45) is 6.74. The number of aliphatic hydroxyl groups is 1. The predicted molar refractivity (Wildman–Crippen MR) is 134 cm³/mol. The van der Waals surface area contributed by atoms with Crippen LogP contribution >= 0.6 is 23.2 Å². The molecule has 0 aliphatic carbocycles. The van der Waals surface area contributed by atoms with E-state index in [1.807, 2.05) is 25.1 Å². The van der Waals surface area contributed by atoms with Gasteiger partial charge in [-0.2, -0.15) is 5.10 Å². The van der Waals surface area contributed by atoms with E-state index < -0.39 is 11.9 Å². The van der Waals surface area contributed by atoms with Crippen LogP contribution in [0.3, 0.4) is 0 Å². The Morgan fingerprint density at radius 3 is 2.72 bits per heavy atom. The van der Waals surface area contributed by atoms with Crippen LogP contribution in [0, 0.1) is 6.92 Å². The van der Waals surface area contributed by atoms with E-state index in [-0.39, 0.29) is 28.8 Å². The molecule has 0 aliphatic heterocycles. The zero-order valence-corrected chi connectivity index (χ0v) is 20.6. The Balaban J connectivity index is 1.39. The van der Waals surface area contributed by atoms with Gasteiger partial charge in [0.15, 0.2) is 12.2 Å². The lowest BCUT2D eigenvalue weighted by atomic mass is 10.1. The third-order valence-electron chi connectivity index (χ3n) is 5.71. The first-order valence-corrected chi connectivity index (χ1v) is 11.8. The zero-order chi connectivity index (χ0) is 25.2. The SMILES string of the molecule is Cc1ccc2c(cnn2[C@H](CNC(=O)c2c(Cl)cc(-n3cc(CCO)nn3)cc2Cl)c2cnco2)c1. The van der Waals surface area contributed by atoms with Crippen molar-refractivity contribution in [2.75, 3.05) is 13.2 Å². The van der Waals surface area contributed by atoms with E-state index >= 15 is 0 Å². The van der Waals surface area contributed by atoms with Gasteiger partial charge in [0.2, 0.25) is 0 Å². The smallest absolute Gasteiger partial charge is 0.254 e. The predicted octanol–water partition coefficient (Wildman–Crippen LogP) is 3.77. The molecule has 184 valence electrons. The fraction of sp³-hybridized carbons (Fsp3) is 0.208. The Kier molecular flexibility index (Phi) is 6.73. The molecule has 0 aliphatic rings. The van der Waals surface area contributed by atoms with Gasteiger partial charge >= 0.3 is 0 Å². The van der Waals surface area contributed by atoms with Crippen LogP contribution in [0.2, 0.25) is 10.0 Å². The van der Waals surface area contributed by atoms with Crippen molar-refractivity contribution >= 4 is 40.0 Å². The highest BCUT2D eigenvalue weighted by Crippen LogP contribution is 2.29. The van der Waals surface area contributed by atoms with Crippen LogP contribution in [0.5, 0.6) is 0 Å². The van der Waals surface area contributed by atoms with Gasteiger partial charge in [-0.05, 0) is 31.2 Å². The quantitative estimate of drug-likeness (QED) is 0.316. The summed E-state index contributed by atoms with van der Waals surface area (Å²) in [4.78, 5) is 17.2. The van der Waals surface area contributed by atoms with E-state index in [1.165, 1.54) is 11.1 Å². The summed E-state index contributed by atoms with van der Waals surface area (Å²) in [6, 6.07) is 8.73. The van der Waals surface area contributed by atoms with Crippen molar-refractivity contribution in [3.8, 4) is 5.69 Å². The zero-order valence-electron chi connectivity index (χ0n) is 19.1. The van der Waals surface area contributed by atoms with Crippen LogP contribution in [0.1, 0.15) is 33.4 Å². The number of nitrogens with zero attached hydrogens (tertiary/aromatic N) is 6. The second kappa shape index (κ2) is 10.1. The molecule has 0 bridgehead atoms. The molecular formula is C24H21Cl2N7O3. The minimum atomic E-state index is -0.451. The normalized spacial score (nSPS) is 12.2. The molecule has 3 heterocycles. The molecule has 0 unspecified atom stereocenters. The third-order valence-corrected chi connectivity index (χ3v) is 6.31. The van der Waals surface area contributed by atoms with Crippen LogP contribution in [0.15, 0.2) is 59.7 Å². The summed E-state index contributed by atoms with van der Waals surface area (Å²) < 4.78 is 8.82. The Labute approximate surface area is 215 Å². The van der Waals surface area contributed by atoms with Crippen LogP contribution in [0.25, 0.3) is 16.6 Å². The lowest BCUT2D eigenvalue weighted by molar-refractivity contribution is 0.0948. The van der Waals surface area contributed by atoms with Gasteiger partial charge in [-0.25, -0.2) is 9.67 Å². The van der Waals surface area contributed by atoms with Gasteiger partial charge < -0.3 is 14.8 Å². The number of hydrogen-bond acceptors (Lipinski definition) is 7. The van der Waals surface area contributed by atoms with Crippen LogP contribution < -0.4 is 5.32 Å². The molecule has 0 spiro atoms. The molecule has 0 fully saturated rings. The molecule has 2 N–H and O–H groups in total. The maximum absolute atomic E-state index is 13.2. The van der Waals surface area contributed by atoms with E-state index in [9.17, 15) is 4.79 Å². The van der Waals surface area contributed by atoms with Gasteiger partial charge in [0, 0.05) is 25.0 Å². The third kappa shape index (κ3) is 4.70. The molecule has 36 heavy (non-hydrogen) atoms. The second-order valence-corrected chi connectivity index (χ2v) is 9.01. The maximum Gasteiger partial charge on any atom is 0.254 e. The summed E-state index contributed by atoms with van der Waals surface area (Å²) in [7, 11) is 0. The largest absolute Gasteiger partial charge is 0.446 e. The number of benzene rings is 2. The number of nitrogens with one attached hydrogen (secondary N) is 1. The molecule has 0 radical (unpaired) electrons. The molecule has 12 heteroatoms. The molecule has 0 saturated heterocycles. The van der Waals surface area contributed by atoms with Gasteiger partial charge in [-0.15, -0.1) is 5.10 Å². The van der Waals surface area contributed by atoms with Crippen LogP contribution in [-0.4, -0.2) is 53.9 Å². The number of carbonyl (C=O) groups excluding carboxylic acids is 1. The topological polar surface area (TPSA) is 124 Å². The molecule has 3 aromatic heterocycles. The van der Waals surface area contributed by atoms with Gasteiger partial charge in [0.25, 0.3) is 5.91 Å². The number of halogens is 2. The number of aliphatic hydroxyl groups excluding tert-OH is 1. The van der Waals surface area contributed by atoms with E-state index in [0.717, 1.165) is 16.5 Å². The molecule has 0 saturated carbocycles. The first-order chi connectivity index (χ1) is 17.4. The molecule has 10 nitrogen and oxygen atoms in total. The minimum absolute atomic E-state index is 0.0393. The number of aryl methyl sites for hydroxylation is 1. The highest BCUT2D eigenvalue weighted by atomic mass is 35.5. The van der Waals surface area contributed by atoms with Crippen LogP contribution in [-0.2, 0) is 6.42 Å². The number of hydrogen-bond donors (Lipinski definition) is 2. The maximum atomic E-state index is 13.2. The van der Waals surface area contributed by atoms with Crippen molar-refractivity contribution in [2.24, 2.45) is 0 Å². The molecule has 1 atom stereocenters. The lowest BCUT2D eigenvalue weighted by Crippen LogP contribution is -2.32. The van der Waals surface area contributed by atoms with Crippen molar-refractivity contribution in [1.29, 1.82) is 0 Å². The number of oxazole rings is 1. The Morgan fingerprint density at radius 2 is 2.00 bits per heavy atom. The fourth-order valence-electron chi connectivity index (χ4n) is 3.96. The van der Waals surface area contributed by atoms with Crippen LogP contribution in [0.4, 0.5) is 0 Å². The highest BCUT2D eigenvalue weighted by molar-refractivity contribution is 6.40. The highest BCUT2D eigenvalue weighted by Gasteiger charge is 2.24. The molecular weight excluding hydrogens is 505 g/mol. The summed E-state index contributed by atoms with van der Waals surface area (Å²) >= 11 is 12.9. The average molecular weight is 526 g/mol. The summed E-state index contributed by atoms with van der Waals surface area (Å²) in [5.74, 6) is 0.0891. The van der Waals surface area contributed by atoms with E-state index in [4.69, 9.17) is 32.7 Å². The number of amides is 1. The number of carbonyl (C=O) groups is 1. The number of fused-ring (bicyclic) bond motifs is 1. The molecule has 1 amide bonds. The van der Waals surface area contributed by atoms with E-state index in [2.05, 4.69) is 25.7 Å². The van der Waals surface area contributed by atoms with Crippen molar-refractivity contribution < 1.29 is 14.3 Å². The first-order valence-electron chi connectivity index (χ1n) is 11.1. The Bertz CT molecular complexity index is 1510. The molecule has 5 rings (SSSR count). The summed E-state index contributed by atoms with van der Waals surface area (Å²) in [6.45, 7) is 2.13. The van der Waals surface area contributed by atoms with Crippen molar-refractivity contribution in [2.45, 2.75) is 19.4 Å². The molecule has 5 aromatic rings. The average Bonchev–Trinajstić information content (AvgIpc) is 3.61. The molecule has 2 aromatic carbocycles. The van der Waals surface area contributed by atoms with Gasteiger partial charge in [-0.1, -0.05) is 40.0 Å². The summed E-state index contributed by atoms with van der Waals surface area (Å²) in [5, 5.41) is 25.8. The van der Waals surface area contributed by atoms with Gasteiger partial charge in [-0.3, -0.25) is 9.48 Å². The van der Waals surface area contributed by atoms with E-state index in [0.29, 0.717) is 23.6 Å². The second-order valence-electron chi connectivity index (χ2n) is 8.19. The first kappa shape index (κ1) is 24.0. The Morgan fingerprint density at radius 1 is 1.19 bits per heavy atom. The van der Waals surface area contributed by atoms with E-state index in [1.54, 1.807) is 35.4 Å². The number of rotatable bonds is 8. The monoisotopic (exact) mass is 525 g/mol. The standard InChI is InChI=1S/C24H21Cl2N7O3/c1-14-2-3-20-15(6-14)9-29-33(20)21(22-11-27-13-36-22)10-28-24(35)23-18(25)7-17(8-19(23)26)32-12-16(4-5-34)30-31-32/h2-3,6-9,11-13,21,34H,4-5,10H2,1H3,(H,28,35)/t21-/m1/s1. The number of aromatic nitrogens is 6. The van der Waals surface area contributed by atoms with Crippen molar-refractivity contribution in [3.05, 3.63) is 87.9 Å². The summed E-state index contributed by atoms with van der Waals surface area (Å²) in [5.41, 5.74) is 3.30. The van der Waals surface area contributed by atoms with Gasteiger partial charge in [0.1, 0.15) is 6.04 Å². The fourth-order valence-corrected chi connectivity index (χ4v) is 4.61. The minimum Gasteiger partial charge on any atom is -0.446 e. The Hall–Kier alpha value is -3.73.